The van der Waals surface area contributed by atoms with Gasteiger partial charge < -0.3 is 14.9 Å². The molecule has 0 aliphatic carbocycles. The Bertz CT molecular complexity index is 734. The molecule has 1 aliphatic heterocycles. The first-order valence-corrected chi connectivity index (χ1v) is 9.86. The van der Waals surface area contributed by atoms with E-state index in [1.165, 1.54) is 29.8 Å². The molecule has 1 atom stereocenters. The van der Waals surface area contributed by atoms with E-state index in [1.807, 2.05) is 6.26 Å². The maximum Gasteiger partial charge on any atom is 0.326 e. The topological polar surface area (TPSA) is 87.1 Å². The first kappa shape index (κ1) is 19.6. The lowest BCUT2D eigenvalue weighted by Crippen LogP contribution is -2.44. The van der Waals surface area contributed by atoms with Crippen LogP contribution in [0.4, 0.5) is 0 Å². The minimum atomic E-state index is -1.07. The van der Waals surface area contributed by atoms with E-state index in [0.717, 1.165) is 11.8 Å². The summed E-state index contributed by atoms with van der Waals surface area (Å²) in [5, 5.41) is 19.1. The van der Waals surface area contributed by atoms with Crippen molar-refractivity contribution in [2.45, 2.75) is 12.5 Å². The summed E-state index contributed by atoms with van der Waals surface area (Å²) in [6, 6.07) is 3.71. The molecule has 0 saturated carbocycles. The number of phenols is 1. The van der Waals surface area contributed by atoms with Crippen LogP contribution < -0.4 is 4.74 Å². The van der Waals surface area contributed by atoms with Crippen LogP contribution in [-0.2, 0) is 9.59 Å². The molecule has 0 bridgehead atoms. The number of carbonyl (C=O) groups is 2. The average Bonchev–Trinajstić information content (AvgIpc) is 2.84. The van der Waals surface area contributed by atoms with Gasteiger partial charge in [0.05, 0.1) is 12.0 Å². The van der Waals surface area contributed by atoms with Gasteiger partial charge in [0.15, 0.2) is 11.5 Å². The maximum absolute atomic E-state index is 12.6. The molecule has 1 aromatic carbocycles. The Hall–Kier alpha value is -1.71. The van der Waals surface area contributed by atoms with E-state index < -0.39 is 17.9 Å². The summed E-state index contributed by atoms with van der Waals surface area (Å²) in [7, 11) is 1.43. The molecule has 1 saturated heterocycles. The molecule has 1 unspecified atom stereocenters. The lowest BCUT2D eigenvalue weighted by atomic mass is 10.1. The summed E-state index contributed by atoms with van der Waals surface area (Å²) in [6.07, 6.45) is 3.80. The minimum absolute atomic E-state index is 0.00444. The highest BCUT2D eigenvalue weighted by molar-refractivity contribution is 8.26. The van der Waals surface area contributed by atoms with Crippen molar-refractivity contribution in [1.29, 1.82) is 0 Å². The summed E-state index contributed by atoms with van der Waals surface area (Å²) in [5.41, 5.74) is 0.645. The van der Waals surface area contributed by atoms with Gasteiger partial charge in [0, 0.05) is 0 Å². The van der Waals surface area contributed by atoms with E-state index in [9.17, 15) is 19.8 Å². The molecule has 1 aromatic rings. The number of carbonyl (C=O) groups excluding carboxylic acids is 1. The van der Waals surface area contributed by atoms with Crippen molar-refractivity contribution in [1.82, 2.24) is 4.90 Å². The Morgan fingerprint density at radius 1 is 1.52 bits per heavy atom. The van der Waals surface area contributed by atoms with Crippen LogP contribution in [0.15, 0.2) is 23.1 Å². The second kappa shape index (κ2) is 8.59. The van der Waals surface area contributed by atoms with Gasteiger partial charge in [-0.25, -0.2) is 4.79 Å². The van der Waals surface area contributed by atoms with Crippen molar-refractivity contribution in [3.05, 3.63) is 28.7 Å². The number of carboxylic acid groups (broad SMARTS) is 1. The van der Waals surface area contributed by atoms with Gasteiger partial charge in [0.25, 0.3) is 5.91 Å². The molecular weight excluding hydrogens is 382 g/mol. The minimum Gasteiger partial charge on any atom is -0.504 e. The quantitative estimate of drug-likeness (QED) is 0.535. The van der Waals surface area contributed by atoms with Crippen molar-refractivity contribution < 1.29 is 24.5 Å². The zero-order valence-corrected chi connectivity index (χ0v) is 16.0. The van der Waals surface area contributed by atoms with Crippen LogP contribution in [0.3, 0.4) is 0 Å². The molecule has 0 radical (unpaired) electrons. The van der Waals surface area contributed by atoms with Gasteiger partial charge in [-0.2, -0.15) is 11.8 Å². The number of methoxy groups -OCH3 is 1. The van der Waals surface area contributed by atoms with Crippen LogP contribution in [-0.4, -0.2) is 56.5 Å². The Labute approximate surface area is 159 Å². The molecule has 1 fully saturated rings. The standard InChI is InChI=1S/C16H17NO5S3/c1-22-12-7-9(3-4-11(12)18)8-13-14(19)17(16(23)25-13)10(15(20)21)5-6-24-2/h3-4,7-8,10,18H,5-6H2,1-2H3,(H,20,21)/b13-8-. The van der Waals surface area contributed by atoms with Crippen LogP contribution in [0.5, 0.6) is 11.5 Å². The molecular formula is C16H17NO5S3. The Morgan fingerprint density at radius 2 is 2.24 bits per heavy atom. The zero-order chi connectivity index (χ0) is 18.6. The summed E-state index contributed by atoms with van der Waals surface area (Å²) in [6.45, 7) is 0. The number of aromatic hydroxyl groups is 1. The molecule has 1 aliphatic rings. The molecule has 134 valence electrons. The van der Waals surface area contributed by atoms with Gasteiger partial charge in [0.1, 0.15) is 10.4 Å². The van der Waals surface area contributed by atoms with Gasteiger partial charge in [0.2, 0.25) is 0 Å². The number of rotatable bonds is 7. The van der Waals surface area contributed by atoms with Gasteiger partial charge in [-0.15, -0.1) is 0 Å². The predicted octanol–water partition coefficient (Wildman–Crippen LogP) is 2.81. The molecule has 6 nitrogen and oxygen atoms in total. The number of thioether (sulfide) groups is 2. The van der Waals surface area contributed by atoms with E-state index in [1.54, 1.807) is 18.2 Å². The number of amides is 1. The molecule has 1 amide bonds. The Balaban J connectivity index is 2.29. The largest absolute Gasteiger partial charge is 0.504 e. The fraction of sp³-hybridized carbons (Fsp3) is 0.312. The summed E-state index contributed by atoms with van der Waals surface area (Å²) in [5.74, 6) is -0.598. The third-order valence-electron chi connectivity index (χ3n) is 3.52. The molecule has 2 N–H and O–H groups in total. The first-order valence-electron chi connectivity index (χ1n) is 7.24. The number of ether oxygens (including phenoxy) is 1. The number of benzene rings is 1. The number of hydrogen-bond acceptors (Lipinski definition) is 7. The van der Waals surface area contributed by atoms with E-state index in [-0.39, 0.29) is 15.8 Å². The number of aliphatic carboxylic acids is 1. The summed E-state index contributed by atoms with van der Waals surface area (Å²) < 4.78 is 5.28. The van der Waals surface area contributed by atoms with Gasteiger partial charge in [-0.3, -0.25) is 9.69 Å². The van der Waals surface area contributed by atoms with Crippen LogP contribution in [0, 0.1) is 0 Å². The van der Waals surface area contributed by atoms with E-state index in [0.29, 0.717) is 22.6 Å². The smallest absolute Gasteiger partial charge is 0.326 e. The predicted molar refractivity (Wildman–Crippen MR) is 104 cm³/mol. The van der Waals surface area contributed by atoms with E-state index >= 15 is 0 Å². The third kappa shape index (κ3) is 4.47. The normalized spacial score (nSPS) is 17.2. The number of phenolic OH excluding ortho intramolecular Hbond substituents is 1. The van der Waals surface area contributed by atoms with Crippen molar-refractivity contribution in [3.63, 3.8) is 0 Å². The lowest BCUT2D eigenvalue weighted by Gasteiger charge is -2.22. The van der Waals surface area contributed by atoms with Crippen molar-refractivity contribution in [2.75, 3.05) is 19.1 Å². The molecule has 0 spiro atoms. The third-order valence-corrected chi connectivity index (χ3v) is 5.49. The second-order valence-electron chi connectivity index (χ2n) is 5.12. The molecule has 2 rings (SSSR count). The SMILES string of the molecule is COc1cc(/C=C2\SC(=S)N(C(CCSC)C(=O)O)C2=O)ccc1O. The number of thiocarbonyl (C=S) groups is 1. The molecule has 1 heterocycles. The second-order valence-corrected chi connectivity index (χ2v) is 7.78. The van der Waals surface area contributed by atoms with E-state index in [2.05, 4.69) is 0 Å². The van der Waals surface area contributed by atoms with Gasteiger partial charge in [-0.05, 0) is 42.2 Å². The Kier molecular flexibility index (Phi) is 6.74. The number of carboxylic acids is 1. The van der Waals surface area contributed by atoms with Crippen molar-refractivity contribution >= 4 is 58.0 Å². The van der Waals surface area contributed by atoms with Crippen molar-refractivity contribution in [2.24, 2.45) is 0 Å². The highest BCUT2D eigenvalue weighted by atomic mass is 32.2. The number of hydrogen-bond donors (Lipinski definition) is 2. The summed E-state index contributed by atoms with van der Waals surface area (Å²) in [4.78, 5) is 25.7. The highest BCUT2D eigenvalue weighted by Gasteiger charge is 2.40. The van der Waals surface area contributed by atoms with Crippen molar-refractivity contribution in [3.8, 4) is 11.5 Å². The van der Waals surface area contributed by atoms with Gasteiger partial charge >= 0.3 is 5.97 Å². The average molecular weight is 400 g/mol. The van der Waals surface area contributed by atoms with Crippen LogP contribution in [0.25, 0.3) is 6.08 Å². The first-order chi connectivity index (χ1) is 11.9. The van der Waals surface area contributed by atoms with Gasteiger partial charge in [-0.1, -0.05) is 30.0 Å². The Morgan fingerprint density at radius 3 is 2.84 bits per heavy atom. The van der Waals surface area contributed by atoms with Crippen LogP contribution in [0.1, 0.15) is 12.0 Å². The van der Waals surface area contributed by atoms with Crippen LogP contribution >= 0.6 is 35.7 Å². The molecule has 9 heteroatoms. The fourth-order valence-corrected chi connectivity index (χ4v) is 4.09. The molecule has 0 aromatic heterocycles. The van der Waals surface area contributed by atoms with Crippen LogP contribution in [0.2, 0.25) is 0 Å². The maximum atomic E-state index is 12.6. The number of nitrogens with zero attached hydrogens (tertiary/aromatic N) is 1. The van der Waals surface area contributed by atoms with E-state index in [4.69, 9.17) is 17.0 Å². The fourth-order valence-electron chi connectivity index (χ4n) is 2.28. The lowest BCUT2D eigenvalue weighted by molar-refractivity contribution is -0.145. The highest BCUT2D eigenvalue weighted by Crippen LogP contribution is 2.36. The summed E-state index contributed by atoms with van der Waals surface area (Å²) >= 11 is 7.80. The molecule has 25 heavy (non-hydrogen) atoms. The zero-order valence-electron chi connectivity index (χ0n) is 13.6. The monoisotopic (exact) mass is 399 g/mol.